The Bertz CT molecular complexity index is 1130. The lowest BCUT2D eigenvalue weighted by molar-refractivity contribution is -0.120. The maximum Gasteiger partial charge on any atom is 0.240 e. The normalized spacial score (nSPS) is 11.3. The molecule has 1 N–H and O–H groups in total. The highest BCUT2D eigenvalue weighted by Gasteiger charge is 2.06. The molecule has 3 nitrogen and oxygen atoms in total. The minimum absolute atomic E-state index is 0.104. The van der Waals surface area contributed by atoms with Gasteiger partial charge in [0.2, 0.25) is 5.91 Å². The van der Waals surface area contributed by atoms with Crippen molar-refractivity contribution in [3.8, 4) is 0 Å². The van der Waals surface area contributed by atoms with Gasteiger partial charge in [-0.1, -0.05) is 60.1 Å². The molecule has 0 spiro atoms. The molecule has 4 rings (SSSR count). The Balaban J connectivity index is 1.44. The van der Waals surface area contributed by atoms with Gasteiger partial charge in [0.25, 0.3) is 0 Å². The maximum atomic E-state index is 12.1. The molecule has 4 aromatic rings. The van der Waals surface area contributed by atoms with E-state index in [9.17, 15) is 4.79 Å². The van der Waals surface area contributed by atoms with Crippen LogP contribution in [0.3, 0.4) is 0 Å². The number of benzene rings is 4. The highest BCUT2D eigenvalue weighted by molar-refractivity contribution is 7.99. The first-order valence-electron chi connectivity index (χ1n) is 9.31. The van der Waals surface area contributed by atoms with Crippen LogP contribution in [0.5, 0.6) is 0 Å². The van der Waals surface area contributed by atoms with Crippen molar-refractivity contribution in [3.05, 3.63) is 89.4 Å². The van der Waals surface area contributed by atoms with Crippen LogP contribution >= 0.6 is 23.4 Å². The van der Waals surface area contributed by atoms with E-state index in [-0.39, 0.29) is 5.91 Å². The smallest absolute Gasteiger partial charge is 0.240 e. The summed E-state index contributed by atoms with van der Waals surface area (Å²) in [6.07, 6.45) is 2.13. The number of hydrogen-bond donors (Lipinski definition) is 1. The van der Waals surface area contributed by atoms with E-state index in [1.165, 1.54) is 0 Å². The molecule has 0 aliphatic heterocycles. The molecule has 144 valence electrons. The van der Waals surface area contributed by atoms with Crippen LogP contribution in [0.25, 0.3) is 21.5 Å². The predicted octanol–water partition coefficient (Wildman–Crippen LogP) is 6.28. The number of halogens is 1. The highest BCUT2D eigenvalue weighted by Crippen LogP contribution is 2.27. The summed E-state index contributed by atoms with van der Waals surface area (Å²) in [6.45, 7) is 0. The van der Waals surface area contributed by atoms with Crippen LogP contribution in [0.4, 0.5) is 0 Å². The van der Waals surface area contributed by atoms with Crippen LogP contribution < -0.4 is 5.43 Å². The molecule has 0 unspecified atom stereocenters. The second-order valence-electron chi connectivity index (χ2n) is 6.58. The molecule has 5 heteroatoms. The Labute approximate surface area is 178 Å². The van der Waals surface area contributed by atoms with Crippen molar-refractivity contribution >= 4 is 57.0 Å². The molecule has 0 radical (unpaired) electrons. The number of rotatable bonds is 6. The van der Waals surface area contributed by atoms with Crippen molar-refractivity contribution in [2.24, 2.45) is 5.10 Å². The first kappa shape index (κ1) is 19.5. The third-order valence-corrected chi connectivity index (χ3v) is 5.87. The fourth-order valence-electron chi connectivity index (χ4n) is 3.21. The molecular formula is C24H19ClN2OS. The number of carbonyl (C=O) groups excluding carboxylic acids is 1. The molecule has 0 aromatic heterocycles. The van der Waals surface area contributed by atoms with Gasteiger partial charge in [0.1, 0.15) is 0 Å². The molecule has 1 amide bonds. The van der Waals surface area contributed by atoms with Gasteiger partial charge in [-0.15, -0.1) is 11.8 Å². The Hall–Kier alpha value is -2.82. The van der Waals surface area contributed by atoms with Gasteiger partial charge in [0.15, 0.2) is 0 Å². The summed E-state index contributed by atoms with van der Waals surface area (Å²) in [5.74, 6) is 0.576. The number of thioether (sulfide) groups is 1. The Morgan fingerprint density at radius 3 is 2.21 bits per heavy atom. The van der Waals surface area contributed by atoms with Crippen molar-refractivity contribution in [3.63, 3.8) is 0 Å². The molecule has 4 aromatic carbocycles. The Morgan fingerprint density at radius 2 is 1.55 bits per heavy atom. The van der Waals surface area contributed by atoms with Crippen LogP contribution in [0, 0.1) is 0 Å². The van der Waals surface area contributed by atoms with E-state index < -0.39 is 0 Å². The lowest BCUT2D eigenvalue weighted by Crippen LogP contribution is -2.17. The molecule has 0 aliphatic rings. The fourth-order valence-corrected chi connectivity index (χ4v) is 4.18. The zero-order chi connectivity index (χ0) is 20.1. The molecule has 0 aliphatic carbocycles. The van der Waals surface area contributed by atoms with Gasteiger partial charge in [-0.2, -0.15) is 5.10 Å². The number of amides is 1. The number of hydrazone groups is 1. The van der Waals surface area contributed by atoms with Gasteiger partial charge < -0.3 is 0 Å². The van der Waals surface area contributed by atoms with E-state index >= 15 is 0 Å². The number of nitrogens with zero attached hydrogens (tertiary/aromatic N) is 1. The minimum Gasteiger partial charge on any atom is -0.273 e. The second kappa shape index (κ2) is 9.12. The third-order valence-electron chi connectivity index (χ3n) is 4.61. The molecule has 0 saturated heterocycles. The molecule has 0 saturated carbocycles. The topological polar surface area (TPSA) is 41.5 Å². The first-order valence-corrected chi connectivity index (χ1v) is 10.7. The Morgan fingerprint density at radius 1 is 0.931 bits per heavy atom. The van der Waals surface area contributed by atoms with E-state index in [0.717, 1.165) is 32.0 Å². The monoisotopic (exact) mass is 418 g/mol. The number of carbonyl (C=O) groups is 1. The van der Waals surface area contributed by atoms with Crippen LogP contribution in [0.15, 0.2) is 88.9 Å². The minimum atomic E-state index is -0.104. The van der Waals surface area contributed by atoms with Crippen molar-refractivity contribution in [2.75, 3.05) is 5.75 Å². The quantitative estimate of drug-likeness (QED) is 0.173. The maximum absolute atomic E-state index is 12.1. The van der Waals surface area contributed by atoms with Crippen molar-refractivity contribution in [1.29, 1.82) is 0 Å². The first-order chi connectivity index (χ1) is 14.2. The lowest BCUT2D eigenvalue weighted by atomic mass is 9.97. The highest BCUT2D eigenvalue weighted by atomic mass is 35.5. The van der Waals surface area contributed by atoms with Crippen molar-refractivity contribution in [1.82, 2.24) is 5.43 Å². The number of hydrogen-bond acceptors (Lipinski definition) is 3. The van der Waals surface area contributed by atoms with E-state index in [4.69, 9.17) is 11.6 Å². The zero-order valence-corrected chi connectivity index (χ0v) is 17.2. The van der Waals surface area contributed by atoms with Crippen LogP contribution in [0.2, 0.25) is 5.02 Å². The summed E-state index contributed by atoms with van der Waals surface area (Å²) in [6, 6.07) is 26.2. The zero-order valence-electron chi connectivity index (χ0n) is 15.6. The van der Waals surface area contributed by atoms with Gasteiger partial charge in [-0.25, -0.2) is 5.43 Å². The average molecular weight is 419 g/mol. The molecule has 29 heavy (non-hydrogen) atoms. The summed E-state index contributed by atoms with van der Waals surface area (Å²) in [4.78, 5) is 13.2. The van der Waals surface area contributed by atoms with Gasteiger partial charge in [-0.3, -0.25) is 4.79 Å². The van der Waals surface area contributed by atoms with E-state index in [0.29, 0.717) is 17.2 Å². The summed E-state index contributed by atoms with van der Waals surface area (Å²) >= 11 is 7.51. The van der Waals surface area contributed by atoms with Crippen molar-refractivity contribution < 1.29 is 4.79 Å². The number of nitrogens with one attached hydrogen (secondary N) is 1. The van der Waals surface area contributed by atoms with E-state index in [1.807, 2.05) is 48.5 Å². The van der Waals surface area contributed by atoms with Crippen LogP contribution in [-0.4, -0.2) is 17.9 Å². The summed E-state index contributed by atoms with van der Waals surface area (Å²) in [5, 5.41) is 9.47. The second-order valence-corrected chi connectivity index (χ2v) is 8.18. The molecule has 0 atom stereocenters. The predicted molar refractivity (Wildman–Crippen MR) is 124 cm³/mol. The van der Waals surface area contributed by atoms with Crippen LogP contribution in [-0.2, 0) is 4.79 Å². The summed E-state index contributed by atoms with van der Waals surface area (Å²) in [7, 11) is 0. The van der Waals surface area contributed by atoms with Gasteiger partial charge >= 0.3 is 0 Å². The number of fused-ring (bicyclic) bond motifs is 2. The standard InChI is InChI=1S/C24H19ClN2OS/c25-19-9-11-20(12-10-19)29-14-13-24(28)27-26-16-23-21-7-3-1-5-17(21)15-18-6-2-4-8-22(18)23/h1-12,15-16H,13-14H2,(H,27,28). The van der Waals surface area contributed by atoms with Gasteiger partial charge in [0, 0.05) is 27.7 Å². The van der Waals surface area contributed by atoms with E-state index in [2.05, 4.69) is 40.9 Å². The fraction of sp³-hybridized carbons (Fsp3) is 0.0833. The van der Waals surface area contributed by atoms with Gasteiger partial charge in [0.05, 0.1) is 6.21 Å². The molecular weight excluding hydrogens is 400 g/mol. The Kier molecular flexibility index (Phi) is 6.13. The molecule has 0 fully saturated rings. The molecule has 0 heterocycles. The van der Waals surface area contributed by atoms with Gasteiger partial charge in [-0.05, 0) is 51.9 Å². The largest absolute Gasteiger partial charge is 0.273 e. The van der Waals surface area contributed by atoms with Crippen molar-refractivity contribution in [2.45, 2.75) is 11.3 Å². The lowest BCUT2D eigenvalue weighted by Gasteiger charge is -2.08. The van der Waals surface area contributed by atoms with E-state index in [1.54, 1.807) is 18.0 Å². The summed E-state index contributed by atoms with van der Waals surface area (Å²) in [5.41, 5.74) is 3.66. The molecule has 0 bridgehead atoms. The van der Waals surface area contributed by atoms with Crippen LogP contribution in [0.1, 0.15) is 12.0 Å². The SMILES string of the molecule is O=C(CCSc1ccc(Cl)cc1)NN=Cc1c2ccccc2cc2ccccc12. The summed E-state index contributed by atoms with van der Waals surface area (Å²) < 4.78 is 0. The third kappa shape index (κ3) is 4.78. The average Bonchev–Trinajstić information content (AvgIpc) is 2.74.